The Morgan fingerprint density at radius 2 is 2.19 bits per heavy atom. The van der Waals surface area contributed by atoms with Crippen molar-refractivity contribution in [3.05, 3.63) is 35.4 Å². The van der Waals surface area contributed by atoms with Gasteiger partial charge in [0, 0.05) is 6.04 Å². The molecule has 0 heterocycles. The first-order valence-electron chi connectivity index (χ1n) is 4.88. The lowest BCUT2D eigenvalue weighted by Crippen LogP contribution is -2.27. The van der Waals surface area contributed by atoms with Crippen LogP contribution < -0.4 is 5.73 Å². The van der Waals surface area contributed by atoms with Gasteiger partial charge in [-0.2, -0.15) is 5.26 Å². The van der Waals surface area contributed by atoms with Crippen LogP contribution in [-0.4, -0.2) is 20.2 Å². The number of nitrogens with two attached hydrogens (primary N) is 1. The molecule has 86 valence electrons. The summed E-state index contributed by atoms with van der Waals surface area (Å²) in [5.41, 5.74) is 6.55. The van der Waals surface area contributed by atoms with Crippen molar-refractivity contribution in [2.75, 3.05) is 5.75 Å². The van der Waals surface area contributed by atoms with E-state index in [0.29, 0.717) is 11.1 Å². The Labute approximate surface area is 95.6 Å². The number of hydrogen-bond acceptors (Lipinski definition) is 4. The zero-order valence-corrected chi connectivity index (χ0v) is 9.87. The number of hydrogen-bond donors (Lipinski definition) is 1. The molecule has 1 unspecified atom stereocenters. The van der Waals surface area contributed by atoms with E-state index in [4.69, 9.17) is 11.0 Å². The lowest BCUT2D eigenvalue weighted by atomic mass is 10.2. The molecule has 0 aliphatic heterocycles. The summed E-state index contributed by atoms with van der Waals surface area (Å²) in [6.07, 6.45) is 0. The molecule has 16 heavy (non-hydrogen) atoms. The second-order valence-corrected chi connectivity index (χ2v) is 5.95. The van der Waals surface area contributed by atoms with Crippen LogP contribution in [-0.2, 0) is 15.6 Å². The summed E-state index contributed by atoms with van der Waals surface area (Å²) in [5.74, 6) is -0.103. The third kappa shape index (κ3) is 4.01. The summed E-state index contributed by atoms with van der Waals surface area (Å²) < 4.78 is 23.3. The molecule has 1 atom stereocenters. The lowest BCUT2D eigenvalue weighted by Gasteiger charge is -2.07. The van der Waals surface area contributed by atoms with Crippen molar-refractivity contribution < 1.29 is 8.42 Å². The Hall–Kier alpha value is -1.38. The molecule has 4 nitrogen and oxygen atoms in total. The normalized spacial score (nSPS) is 13.1. The van der Waals surface area contributed by atoms with Gasteiger partial charge in [0.1, 0.15) is 0 Å². The van der Waals surface area contributed by atoms with Gasteiger partial charge in [0.2, 0.25) is 0 Å². The molecule has 0 aliphatic rings. The summed E-state index contributed by atoms with van der Waals surface area (Å²) in [6.45, 7) is 1.66. The second kappa shape index (κ2) is 5.10. The van der Waals surface area contributed by atoms with Gasteiger partial charge in [-0.15, -0.1) is 0 Å². The Bertz CT molecular complexity index is 501. The monoisotopic (exact) mass is 238 g/mol. The molecule has 1 rings (SSSR count). The predicted molar refractivity (Wildman–Crippen MR) is 62.3 cm³/mol. The van der Waals surface area contributed by atoms with Crippen molar-refractivity contribution in [3.63, 3.8) is 0 Å². The molecule has 0 amide bonds. The van der Waals surface area contributed by atoms with Gasteiger partial charge in [-0.1, -0.05) is 12.1 Å². The molecule has 0 radical (unpaired) electrons. The maximum Gasteiger partial charge on any atom is 0.155 e. The highest BCUT2D eigenvalue weighted by atomic mass is 32.2. The Morgan fingerprint density at radius 3 is 2.75 bits per heavy atom. The zero-order chi connectivity index (χ0) is 12.2. The van der Waals surface area contributed by atoms with Crippen LogP contribution in [0.2, 0.25) is 0 Å². The van der Waals surface area contributed by atoms with E-state index in [1.54, 1.807) is 31.2 Å². The lowest BCUT2D eigenvalue weighted by molar-refractivity contribution is 0.589. The summed E-state index contributed by atoms with van der Waals surface area (Å²) in [4.78, 5) is 0. The summed E-state index contributed by atoms with van der Waals surface area (Å²) >= 11 is 0. The fourth-order valence-corrected chi connectivity index (χ4v) is 3.05. The van der Waals surface area contributed by atoms with E-state index >= 15 is 0 Å². The van der Waals surface area contributed by atoms with Crippen LogP contribution in [0.15, 0.2) is 24.3 Å². The molecule has 0 saturated heterocycles. The Balaban J connectivity index is 2.85. The number of sulfone groups is 1. The molecule has 0 bridgehead atoms. The Morgan fingerprint density at radius 1 is 1.50 bits per heavy atom. The highest BCUT2D eigenvalue weighted by Gasteiger charge is 2.14. The Kier molecular flexibility index (Phi) is 4.05. The zero-order valence-electron chi connectivity index (χ0n) is 9.05. The van der Waals surface area contributed by atoms with Crippen molar-refractivity contribution in [1.82, 2.24) is 0 Å². The second-order valence-electron chi connectivity index (χ2n) is 3.84. The first-order chi connectivity index (χ1) is 7.43. The maximum atomic E-state index is 11.6. The van der Waals surface area contributed by atoms with Gasteiger partial charge < -0.3 is 5.73 Å². The van der Waals surface area contributed by atoms with Crippen LogP contribution in [0.25, 0.3) is 0 Å². The van der Waals surface area contributed by atoms with Crippen molar-refractivity contribution in [3.8, 4) is 6.07 Å². The van der Waals surface area contributed by atoms with Gasteiger partial charge in [0.05, 0.1) is 23.1 Å². The third-order valence-electron chi connectivity index (χ3n) is 1.96. The van der Waals surface area contributed by atoms with Gasteiger partial charge in [-0.3, -0.25) is 0 Å². The van der Waals surface area contributed by atoms with Crippen molar-refractivity contribution in [1.29, 1.82) is 5.26 Å². The van der Waals surface area contributed by atoms with Crippen LogP contribution in [0, 0.1) is 11.3 Å². The minimum atomic E-state index is -3.19. The number of rotatable bonds is 4. The average Bonchev–Trinajstić information content (AvgIpc) is 2.15. The highest BCUT2D eigenvalue weighted by Crippen LogP contribution is 2.09. The first kappa shape index (κ1) is 12.7. The largest absolute Gasteiger partial charge is 0.327 e. The molecular weight excluding hydrogens is 224 g/mol. The number of benzene rings is 1. The molecule has 5 heteroatoms. The summed E-state index contributed by atoms with van der Waals surface area (Å²) in [5, 5.41) is 8.69. The molecule has 2 N–H and O–H groups in total. The van der Waals surface area contributed by atoms with E-state index in [0.717, 1.165) is 0 Å². The van der Waals surface area contributed by atoms with Gasteiger partial charge >= 0.3 is 0 Å². The van der Waals surface area contributed by atoms with E-state index in [2.05, 4.69) is 0 Å². The van der Waals surface area contributed by atoms with E-state index in [9.17, 15) is 8.42 Å². The van der Waals surface area contributed by atoms with Crippen molar-refractivity contribution in [2.45, 2.75) is 18.7 Å². The van der Waals surface area contributed by atoms with Gasteiger partial charge in [0.15, 0.2) is 9.84 Å². The van der Waals surface area contributed by atoms with Crippen LogP contribution >= 0.6 is 0 Å². The molecule has 0 aromatic heterocycles. The van der Waals surface area contributed by atoms with Crippen LogP contribution in [0.1, 0.15) is 18.1 Å². The molecule has 1 aromatic rings. The van der Waals surface area contributed by atoms with E-state index in [1.165, 1.54) is 0 Å². The predicted octanol–water partition coefficient (Wildman–Crippen LogP) is 0.820. The first-order valence-corrected chi connectivity index (χ1v) is 6.70. The fourth-order valence-electron chi connectivity index (χ4n) is 1.44. The van der Waals surface area contributed by atoms with Crippen LogP contribution in [0.5, 0.6) is 0 Å². The topological polar surface area (TPSA) is 84.0 Å². The molecule has 0 fully saturated rings. The van der Waals surface area contributed by atoms with E-state index in [1.807, 2.05) is 6.07 Å². The number of nitriles is 1. The average molecular weight is 238 g/mol. The molecule has 0 aliphatic carbocycles. The highest BCUT2D eigenvalue weighted by molar-refractivity contribution is 7.90. The third-order valence-corrected chi connectivity index (χ3v) is 3.77. The minimum absolute atomic E-state index is 0.0379. The van der Waals surface area contributed by atoms with E-state index in [-0.39, 0.29) is 17.5 Å². The van der Waals surface area contributed by atoms with Gasteiger partial charge in [-0.25, -0.2) is 8.42 Å². The standard InChI is InChI=1S/C11H14N2O2S/c1-9(13)7-16(14,15)8-11-4-2-3-10(5-11)6-12/h2-5,9H,7-8,13H2,1H3. The molecule has 1 aromatic carbocycles. The van der Waals surface area contributed by atoms with Crippen molar-refractivity contribution >= 4 is 9.84 Å². The van der Waals surface area contributed by atoms with Gasteiger partial charge in [-0.05, 0) is 24.6 Å². The van der Waals surface area contributed by atoms with Crippen LogP contribution in [0.3, 0.4) is 0 Å². The maximum absolute atomic E-state index is 11.6. The molecule has 0 saturated carbocycles. The summed E-state index contributed by atoms with van der Waals surface area (Å²) in [6, 6.07) is 8.20. The summed E-state index contributed by atoms with van der Waals surface area (Å²) in [7, 11) is -3.19. The SMILES string of the molecule is CC(N)CS(=O)(=O)Cc1cccc(C#N)c1. The minimum Gasteiger partial charge on any atom is -0.327 e. The molecule has 0 spiro atoms. The van der Waals surface area contributed by atoms with Crippen LogP contribution in [0.4, 0.5) is 0 Å². The molecular formula is C11H14N2O2S. The fraction of sp³-hybridized carbons (Fsp3) is 0.364. The smallest absolute Gasteiger partial charge is 0.155 e. The van der Waals surface area contributed by atoms with Gasteiger partial charge in [0.25, 0.3) is 0 Å². The number of nitrogens with zero attached hydrogens (tertiary/aromatic N) is 1. The quantitative estimate of drug-likeness (QED) is 0.841. The van der Waals surface area contributed by atoms with Crippen molar-refractivity contribution in [2.24, 2.45) is 5.73 Å². The van der Waals surface area contributed by atoms with E-state index < -0.39 is 9.84 Å².